The number of ether oxygens (including phenoxy) is 2. The van der Waals surface area contributed by atoms with Crippen molar-refractivity contribution in [3.8, 4) is 0 Å². The van der Waals surface area contributed by atoms with Gasteiger partial charge in [-0.25, -0.2) is 0 Å². The van der Waals surface area contributed by atoms with Crippen LogP contribution in [0.1, 0.15) is 32.1 Å². The molecule has 3 fully saturated rings. The average molecular weight is 268 g/mol. The summed E-state index contributed by atoms with van der Waals surface area (Å²) >= 11 is 0. The topological polar surface area (TPSA) is 33.7 Å². The normalized spacial score (nSPS) is 34.7. The molecule has 2 unspecified atom stereocenters. The molecule has 0 bridgehead atoms. The minimum Gasteiger partial charge on any atom is -0.379 e. The number of hydrogen-bond acceptors (Lipinski definition) is 4. The Kier molecular flexibility index (Phi) is 5.10. The minimum atomic E-state index is 0.374. The van der Waals surface area contributed by atoms with Crippen LogP contribution in [0.15, 0.2) is 0 Å². The molecule has 4 heteroatoms. The monoisotopic (exact) mass is 268 g/mol. The van der Waals surface area contributed by atoms with Crippen molar-refractivity contribution >= 4 is 0 Å². The zero-order chi connectivity index (χ0) is 12.9. The maximum Gasteiger partial charge on any atom is 0.0834 e. The summed E-state index contributed by atoms with van der Waals surface area (Å²) < 4.78 is 11.5. The van der Waals surface area contributed by atoms with Crippen LogP contribution in [-0.4, -0.2) is 63.0 Å². The molecule has 4 nitrogen and oxygen atoms in total. The molecule has 2 atom stereocenters. The van der Waals surface area contributed by atoms with Crippen LogP contribution in [-0.2, 0) is 9.47 Å². The first-order chi connectivity index (χ1) is 9.40. The van der Waals surface area contributed by atoms with Gasteiger partial charge in [-0.3, -0.25) is 0 Å². The quantitative estimate of drug-likeness (QED) is 0.832. The maximum absolute atomic E-state index is 6.13. The Balaban J connectivity index is 1.34. The first kappa shape index (κ1) is 13.8. The predicted molar refractivity (Wildman–Crippen MR) is 75.4 cm³/mol. The summed E-state index contributed by atoms with van der Waals surface area (Å²) in [6, 6.07) is 0. The van der Waals surface area contributed by atoms with Gasteiger partial charge in [-0.2, -0.15) is 0 Å². The van der Waals surface area contributed by atoms with Gasteiger partial charge in [0.25, 0.3) is 0 Å². The summed E-state index contributed by atoms with van der Waals surface area (Å²) in [4.78, 5) is 2.64. The highest BCUT2D eigenvalue weighted by molar-refractivity contribution is 4.79. The zero-order valence-electron chi connectivity index (χ0n) is 12.0. The van der Waals surface area contributed by atoms with E-state index in [1.807, 2.05) is 0 Å². The van der Waals surface area contributed by atoms with Crippen LogP contribution in [0.25, 0.3) is 0 Å². The van der Waals surface area contributed by atoms with Crippen LogP contribution in [0.3, 0.4) is 0 Å². The molecule has 0 saturated carbocycles. The smallest absolute Gasteiger partial charge is 0.0834 e. The standard InChI is InChI=1S/C15H28N2O2/c1-2-13(10-16-6-1)11-17-7-3-14(4-8-17)19-15-5-9-18-12-15/h13-16H,1-12H2. The van der Waals surface area contributed by atoms with E-state index in [0.29, 0.717) is 12.2 Å². The number of piperidine rings is 2. The molecular weight excluding hydrogens is 240 g/mol. The fourth-order valence-corrected chi connectivity index (χ4v) is 3.57. The van der Waals surface area contributed by atoms with Crippen molar-refractivity contribution in [3.63, 3.8) is 0 Å². The van der Waals surface area contributed by atoms with Crippen molar-refractivity contribution < 1.29 is 9.47 Å². The fourth-order valence-electron chi connectivity index (χ4n) is 3.57. The summed E-state index contributed by atoms with van der Waals surface area (Å²) in [5.41, 5.74) is 0. The zero-order valence-corrected chi connectivity index (χ0v) is 12.0. The summed E-state index contributed by atoms with van der Waals surface area (Å²) in [5, 5.41) is 3.52. The lowest BCUT2D eigenvalue weighted by atomic mass is 9.97. The molecule has 3 aliphatic rings. The van der Waals surface area contributed by atoms with Gasteiger partial charge in [0, 0.05) is 26.2 Å². The summed E-state index contributed by atoms with van der Waals surface area (Å²) in [6.07, 6.45) is 7.11. The average Bonchev–Trinajstić information content (AvgIpc) is 2.95. The molecule has 0 aromatic heterocycles. The van der Waals surface area contributed by atoms with Crippen LogP contribution >= 0.6 is 0 Å². The molecule has 3 rings (SSSR count). The van der Waals surface area contributed by atoms with Gasteiger partial charge in [0.2, 0.25) is 0 Å². The molecular formula is C15H28N2O2. The van der Waals surface area contributed by atoms with Gasteiger partial charge < -0.3 is 19.7 Å². The van der Waals surface area contributed by atoms with Crippen LogP contribution in [0.4, 0.5) is 0 Å². The Morgan fingerprint density at radius 3 is 2.68 bits per heavy atom. The molecule has 110 valence electrons. The van der Waals surface area contributed by atoms with Gasteiger partial charge >= 0.3 is 0 Å². The SMILES string of the molecule is C1CNCC(CN2CCC(OC3CCOC3)CC2)C1. The highest BCUT2D eigenvalue weighted by Crippen LogP contribution is 2.21. The molecule has 0 aromatic rings. The molecule has 3 heterocycles. The van der Waals surface area contributed by atoms with Gasteiger partial charge in [0.15, 0.2) is 0 Å². The molecule has 0 aromatic carbocycles. The van der Waals surface area contributed by atoms with Gasteiger partial charge in [-0.15, -0.1) is 0 Å². The van der Waals surface area contributed by atoms with Gasteiger partial charge in [0.1, 0.15) is 0 Å². The number of nitrogens with zero attached hydrogens (tertiary/aromatic N) is 1. The summed E-state index contributed by atoms with van der Waals surface area (Å²) in [6.45, 7) is 7.85. The summed E-state index contributed by atoms with van der Waals surface area (Å²) in [7, 11) is 0. The second kappa shape index (κ2) is 7.02. The van der Waals surface area contributed by atoms with Crippen molar-refractivity contribution in [2.75, 3.05) is 45.9 Å². The van der Waals surface area contributed by atoms with Crippen molar-refractivity contribution in [1.82, 2.24) is 10.2 Å². The van der Waals surface area contributed by atoms with Gasteiger partial charge in [-0.1, -0.05) is 0 Å². The molecule has 0 amide bonds. The molecule has 0 radical (unpaired) electrons. The van der Waals surface area contributed by atoms with E-state index in [0.717, 1.165) is 25.6 Å². The van der Waals surface area contributed by atoms with E-state index < -0.39 is 0 Å². The lowest BCUT2D eigenvalue weighted by Gasteiger charge is -2.36. The Labute approximate surface area is 116 Å². The second-order valence-corrected chi connectivity index (χ2v) is 6.33. The van der Waals surface area contributed by atoms with Crippen molar-refractivity contribution in [2.24, 2.45) is 5.92 Å². The maximum atomic E-state index is 6.13. The molecule has 1 N–H and O–H groups in total. The van der Waals surface area contributed by atoms with Crippen molar-refractivity contribution in [3.05, 3.63) is 0 Å². The van der Waals surface area contributed by atoms with Crippen LogP contribution in [0.2, 0.25) is 0 Å². The third kappa shape index (κ3) is 4.15. The Hall–Kier alpha value is -0.160. The summed E-state index contributed by atoms with van der Waals surface area (Å²) in [5.74, 6) is 0.870. The highest BCUT2D eigenvalue weighted by atomic mass is 16.5. The van der Waals surface area contributed by atoms with Gasteiger partial charge in [0.05, 0.1) is 18.8 Å². The lowest BCUT2D eigenvalue weighted by molar-refractivity contribution is -0.0455. The predicted octanol–water partition coefficient (Wildman–Crippen LogP) is 1.26. The van der Waals surface area contributed by atoms with Crippen molar-refractivity contribution in [2.45, 2.75) is 44.3 Å². The Morgan fingerprint density at radius 1 is 1.11 bits per heavy atom. The molecule has 0 spiro atoms. The van der Waals surface area contributed by atoms with E-state index in [9.17, 15) is 0 Å². The second-order valence-electron chi connectivity index (χ2n) is 6.33. The minimum absolute atomic E-state index is 0.374. The van der Waals surface area contributed by atoms with Crippen LogP contribution < -0.4 is 5.32 Å². The first-order valence-electron chi connectivity index (χ1n) is 8.06. The van der Waals surface area contributed by atoms with E-state index in [-0.39, 0.29) is 0 Å². The number of likely N-dealkylation sites (tertiary alicyclic amines) is 1. The largest absolute Gasteiger partial charge is 0.379 e. The van der Waals surface area contributed by atoms with E-state index in [4.69, 9.17) is 9.47 Å². The Morgan fingerprint density at radius 2 is 2.00 bits per heavy atom. The molecule has 3 aliphatic heterocycles. The van der Waals surface area contributed by atoms with E-state index >= 15 is 0 Å². The fraction of sp³-hybridized carbons (Fsp3) is 1.00. The third-order valence-corrected chi connectivity index (χ3v) is 4.72. The number of rotatable bonds is 4. The molecule has 3 saturated heterocycles. The van der Waals surface area contributed by atoms with Gasteiger partial charge in [-0.05, 0) is 51.1 Å². The van der Waals surface area contributed by atoms with Crippen molar-refractivity contribution in [1.29, 1.82) is 0 Å². The van der Waals surface area contributed by atoms with E-state index in [1.165, 1.54) is 58.4 Å². The Bertz CT molecular complexity index is 255. The number of hydrogen-bond donors (Lipinski definition) is 1. The first-order valence-corrected chi connectivity index (χ1v) is 8.06. The van der Waals surface area contributed by atoms with Crippen LogP contribution in [0.5, 0.6) is 0 Å². The third-order valence-electron chi connectivity index (χ3n) is 4.72. The molecule has 0 aliphatic carbocycles. The van der Waals surface area contributed by atoms with E-state index in [1.54, 1.807) is 0 Å². The number of nitrogens with one attached hydrogen (secondary N) is 1. The van der Waals surface area contributed by atoms with E-state index in [2.05, 4.69) is 10.2 Å². The lowest BCUT2D eigenvalue weighted by Crippen LogP contribution is -2.43. The molecule has 19 heavy (non-hydrogen) atoms. The van der Waals surface area contributed by atoms with Crippen LogP contribution in [0, 0.1) is 5.92 Å². The highest BCUT2D eigenvalue weighted by Gasteiger charge is 2.26.